The largest absolute Gasteiger partial charge is 0.0888 e. The summed E-state index contributed by atoms with van der Waals surface area (Å²) in [5.74, 6) is 0. The van der Waals surface area contributed by atoms with Gasteiger partial charge in [-0.05, 0) is 80.6 Å². The fraction of sp³-hybridized carbons (Fsp3) is 0.0556. The lowest BCUT2D eigenvalue weighted by molar-refractivity contribution is 0.714. The van der Waals surface area contributed by atoms with E-state index in [0.29, 0.717) is 0 Å². The van der Waals surface area contributed by atoms with Crippen LogP contribution in [0.2, 0.25) is 0 Å². The van der Waals surface area contributed by atoms with Gasteiger partial charge in [0.1, 0.15) is 0 Å². The van der Waals surface area contributed by atoms with Crippen molar-refractivity contribution in [1.82, 2.24) is 0 Å². The van der Waals surface area contributed by atoms with Gasteiger partial charge < -0.3 is 0 Å². The van der Waals surface area contributed by atoms with Gasteiger partial charge in [-0.15, -0.1) is 0 Å². The highest BCUT2D eigenvalue weighted by atomic mass is 32.2. The van der Waals surface area contributed by atoms with Gasteiger partial charge in [-0.25, -0.2) is 0 Å². The number of benzene rings is 6. The molecule has 0 radical (unpaired) electrons. The van der Waals surface area contributed by atoms with E-state index in [1.165, 1.54) is 70.6 Å². The monoisotopic (exact) mass is 488 g/mol. The van der Waals surface area contributed by atoms with Crippen LogP contribution in [0.25, 0.3) is 44.2 Å². The first-order valence-corrected chi connectivity index (χ1v) is 13.7. The van der Waals surface area contributed by atoms with Crippen molar-refractivity contribution in [2.75, 3.05) is 0 Å². The maximum absolute atomic E-state index is 2.42. The standard InChI is InChI=1S/C36H24S/c1-36(25-12-3-2-4-13-25)30-17-6-5-14-28(30)35-26(15-9-18-31(35)36)24-20-21-32-29(22-24)27-16-7-10-23-11-8-19-33(37-32)34(23)27/h2-22H,1H3. The Kier molecular flexibility index (Phi) is 4.39. The molecule has 0 fully saturated rings. The molecule has 2 aliphatic rings. The summed E-state index contributed by atoms with van der Waals surface area (Å²) in [6.45, 7) is 2.39. The maximum atomic E-state index is 2.42. The summed E-state index contributed by atoms with van der Waals surface area (Å²) in [7, 11) is 0. The van der Waals surface area contributed by atoms with Gasteiger partial charge in [0.15, 0.2) is 0 Å². The van der Waals surface area contributed by atoms with Crippen LogP contribution in [0, 0.1) is 0 Å². The summed E-state index contributed by atoms with van der Waals surface area (Å²) < 4.78 is 0. The van der Waals surface area contributed by atoms with E-state index >= 15 is 0 Å². The molecule has 0 aromatic heterocycles. The molecule has 0 saturated carbocycles. The van der Waals surface area contributed by atoms with Crippen LogP contribution >= 0.6 is 11.8 Å². The molecule has 37 heavy (non-hydrogen) atoms. The highest BCUT2D eigenvalue weighted by Gasteiger charge is 2.41. The van der Waals surface area contributed by atoms with Crippen molar-refractivity contribution in [3.05, 3.63) is 144 Å². The van der Waals surface area contributed by atoms with Crippen molar-refractivity contribution in [2.45, 2.75) is 22.1 Å². The van der Waals surface area contributed by atoms with Crippen molar-refractivity contribution >= 4 is 22.5 Å². The van der Waals surface area contributed by atoms with Crippen LogP contribution in [0.15, 0.2) is 137 Å². The number of hydrogen-bond acceptors (Lipinski definition) is 1. The SMILES string of the molecule is CC1(c2ccccc2)c2ccccc2-c2c(-c3ccc4c(c3)-c3cccc5cccc(c35)S4)cccc21. The second-order valence-corrected chi connectivity index (χ2v) is 11.3. The van der Waals surface area contributed by atoms with E-state index in [2.05, 4.69) is 134 Å². The molecule has 1 aliphatic heterocycles. The van der Waals surface area contributed by atoms with E-state index in [9.17, 15) is 0 Å². The molecule has 1 unspecified atom stereocenters. The van der Waals surface area contributed by atoms with Gasteiger partial charge in [-0.1, -0.05) is 121 Å². The maximum Gasteiger partial charge on any atom is 0.0435 e. The Labute approximate surface area is 221 Å². The van der Waals surface area contributed by atoms with Gasteiger partial charge in [-0.3, -0.25) is 0 Å². The lowest BCUT2D eigenvalue weighted by atomic mass is 9.74. The Balaban J connectivity index is 1.38. The molecule has 174 valence electrons. The molecule has 0 saturated heterocycles. The Morgan fingerprint density at radius 2 is 1.22 bits per heavy atom. The summed E-state index contributed by atoms with van der Waals surface area (Å²) in [5, 5.41) is 2.69. The average molecular weight is 489 g/mol. The fourth-order valence-corrected chi connectivity index (χ4v) is 7.72. The third kappa shape index (κ3) is 2.86. The molecular weight excluding hydrogens is 464 g/mol. The van der Waals surface area contributed by atoms with Gasteiger partial charge in [0.25, 0.3) is 0 Å². The Morgan fingerprint density at radius 1 is 0.514 bits per heavy atom. The first-order valence-electron chi connectivity index (χ1n) is 12.9. The van der Waals surface area contributed by atoms with Crippen LogP contribution in [-0.2, 0) is 5.41 Å². The summed E-state index contributed by atoms with van der Waals surface area (Å²) in [6, 6.07) is 47.2. The van der Waals surface area contributed by atoms with Crippen LogP contribution in [0.4, 0.5) is 0 Å². The topological polar surface area (TPSA) is 0 Å². The fourth-order valence-electron chi connectivity index (χ4n) is 6.60. The first-order chi connectivity index (χ1) is 18.2. The first kappa shape index (κ1) is 21.1. The molecule has 0 N–H and O–H groups in total. The second kappa shape index (κ2) is 7.71. The quantitative estimate of drug-likeness (QED) is 0.233. The summed E-state index contributed by atoms with van der Waals surface area (Å²) in [6.07, 6.45) is 0. The minimum Gasteiger partial charge on any atom is -0.0888 e. The Hall–Kier alpha value is -4.07. The van der Waals surface area contributed by atoms with E-state index in [1.807, 2.05) is 11.8 Å². The van der Waals surface area contributed by atoms with Gasteiger partial charge in [0.2, 0.25) is 0 Å². The Morgan fingerprint density at radius 3 is 2.11 bits per heavy atom. The molecule has 6 aromatic carbocycles. The van der Waals surface area contributed by atoms with E-state index in [4.69, 9.17) is 0 Å². The molecule has 0 bridgehead atoms. The molecule has 8 rings (SSSR count). The minimum atomic E-state index is -0.183. The molecular formula is C36H24S. The van der Waals surface area contributed by atoms with Crippen LogP contribution < -0.4 is 0 Å². The highest BCUT2D eigenvalue weighted by molar-refractivity contribution is 7.99. The highest BCUT2D eigenvalue weighted by Crippen LogP contribution is 2.56. The Bertz CT molecular complexity index is 1860. The number of rotatable bonds is 2. The number of fused-ring (bicyclic) bond motifs is 5. The van der Waals surface area contributed by atoms with Crippen molar-refractivity contribution in [3.63, 3.8) is 0 Å². The third-order valence-electron chi connectivity index (χ3n) is 8.36. The summed E-state index contributed by atoms with van der Waals surface area (Å²) in [5.41, 5.74) is 11.9. The van der Waals surface area contributed by atoms with Crippen molar-refractivity contribution < 1.29 is 0 Å². The average Bonchev–Trinajstić information content (AvgIpc) is 3.23. The second-order valence-electron chi connectivity index (χ2n) is 10.2. The lowest BCUT2D eigenvalue weighted by Gasteiger charge is -2.28. The van der Waals surface area contributed by atoms with E-state index in [1.54, 1.807) is 0 Å². The molecule has 0 spiro atoms. The van der Waals surface area contributed by atoms with Crippen LogP contribution in [-0.4, -0.2) is 0 Å². The van der Waals surface area contributed by atoms with Crippen LogP contribution in [0.5, 0.6) is 0 Å². The van der Waals surface area contributed by atoms with Crippen LogP contribution in [0.1, 0.15) is 23.6 Å². The molecule has 1 heterocycles. The molecule has 0 nitrogen and oxygen atoms in total. The van der Waals surface area contributed by atoms with Gasteiger partial charge in [-0.2, -0.15) is 0 Å². The molecule has 1 atom stereocenters. The zero-order valence-corrected chi connectivity index (χ0v) is 21.3. The van der Waals surface area contributed by atoms with Crippen molar-refractivity contribution in [2.24, 2.45) is 0 Å². The van der Waals surface area contributed by atoms with E-state index in [0.717, 1.165) is 0 Å². The molecule has 6 aromatic rings. The van der Waals surface area contributed by atoms with E-state index in [-0.39, 0.29) is 5.41 Å². The minimum absolute atomic E-state index is 0.183. The lowest BCUT2D eigenvalue weighted by Crippen LogP contribution is -2.22. The van der Waals surface area contributed by atoms with Gasteiger partial charge in [0, 0.05) is 20.6 Å². The smallest absolute Gasteiger partial charge is 0.0435 e. The number of hydrogen-bond donors (Lipinski definition) is 0. The van der Waals surface area contributed by atoms with E-state index < -0.39 is 0 Å². The van der Waals surface area contributed by atoms with Gasteiger partial charge >= 0.3 is 0 Å². The zero-order valence-electron chi connectivity index (χ0n) is 20.5. The molecule has 0 amide bonds. The summed E-state index contributed by atoms with van der Waals surface area (Å²) in [4.78, 5) is 2.68. The van der Waals surface area contributed by atoms with Gasteiger partial charge in [0.05, 0.1) is 0 Å². The predicted octanol–water partition coefficient (Wildman–Crippen LogP) is 9.97. The molecule has 1 aliphatic carbocycles. The molecule has 1 heteroatoms. The zero-order chi connectivity index (χ0) is 24.6. The van der Waals surface area contributed by atoms with Crippen molar-refractivity contribution in [1.29, 1.82) is 0 Å². The normalized spacial score (nSPS) is 16.8. The predicted molar refractivity (Wildman–Crippen MR) is 156 cm³/mol. The van der Waals surface area contributed by atoms with Crippen molar-refractivity contribution in [3.8, 4) is 33.4 Å². The van der Waals surface area contributed by atoms with Crippen LogP contribution in [0.3, 0.4) is 0 Å². The summed E-state index contributed by atoms with van der Waals surface area (Å²) >= 11 is 1.89. The third-order valence-corrected chi connectivity index (χ3v) is 9.49.